The van der Waals surface area contributed by atoms with Crippen molar-refractivity contribution in [2.75, 3.05) is 66.6 Å². The zero-order valence-electron chi connectivity index (χ0n) is 18.4. The molecule has 0 spiro atoms. The molecule has 2 aliphatic rings. The number of carbonyl (C=O) groups is 2. The molecule has 1 aromatic rings. The Balaban J connectivity index is 1.51. The lowest BCUT2D eigenvalue weighted by atomic mass is 9.80. The third kappa shape index (κ3) is 6.06. The van der Waals surface area contributed by atoms with E-state index >= 15 is 0 Å². The van der Waals surface area contributed by atoms with Crippen LogP contribution < -0.4 is 14.8 Å². The Kier molecular flexibility index (Phi) is 8.45. The molecule has 2 N–H and O–H groups in total. The van der Waals surface area contributed by atoms with Gasteiger partial charge in [0.25, 0.3) is 0 Å². The summed E-state index contributed by atoms with van der Waals surface area (Å²) in [6.07, 6.45) is 2.16. The summed E-state index contributed by atoms with van der Waals surface area (Å²) in [5, 5.41) is 12.2. The molecule has 8 heteroatoms. The molecule has 8 nitrogen and oxygen atoms in total. The van der Waals surface area contributed by atoms with E-state index in [1.807, 2.05) is 12.1 Å². The second-order valence-electron chi connectivity index (χ2n) is 7.98. The molecule has 1 saturated carbocycles. The van der Waals surface area contributed by atoms with Crippen molar-refractivity contribution in [2.24, 2.45) is 0 Å². The predicted molar refractivity (Wildman–Crippen MR) is 118 cm³/mol. The maximum atomic E-state index is 12.7. The minimum Gasteiger partial charge on any atom is -0.497 e. The molecule has 0 unspecified atom stereocenters. The summed E-state index contributed by atoms with van der Waals surface area (Å²) in [5.41, 5.74) is 1.12. The van der Waals surface area contributed by atoms with Gasteiger partial charge in [0, 0.05) is 76.8 Å². The first-order valence-corrected chi connectivity index (χ1v) is 10.8. The number of methoxy groups -OCH3 is 2. The van der Waals surface area contributed by atoms with Gasteiger partial charge in [0.1, 0.15) is 11.5 Å². The van der Waals surface area contributed by atoms with E-state index in [9.17, 15) is 9.59 Å². The zero-order chi connectivity index (χ0) is 22.2. The predicted octanol–water partition coefficient (Wildman–Crippen LogP) is 0.803. The standard InChI is InChI=1S/C23H33N3O5/c1-30-18-3-4-19(23(15-18)31-2)17-13-21(28)20(22(29)14-17)16-24-5-6-25-7-9-26(10-8-25)11-12-27/h3-4,15-17,24,27H,5-14H2,1-2H3. The highest BCUT2D eigenvalue weighted by molar-refractivity contribution is 6.22. The number of aliphatic hydroxyl groups excluding tert-OH is 1. The van der Waals surface area contributed by atoms with E-state index < -0.39 is 0 Å². The summed E-state index contributed by atoms with van der Waals surface area (Å²) < 4.78 is 10.7. The molecule has 1 aliphatic carbocycles. The monoisotopic (exact) mass is 431 g/mol. The van der Waals surface area contributed by atoms with Crippen LogP contribution in [0.15, 0.2) is 30.0 Å². The molecule has 0 radical (unpaired) electrons. The molecule has 0 bridgehead atoms. The first-order chi connectivity index (χ1) is 15.0. The number of β-amino-alcohol motifs (C(OH)–C–C–N with tert-alkyl or cyclic N) is 1. The molecule has 1 heterocycles. The van der Waals surface area contributed by atoms with Gasteiger partial charge in [-0.1, -0.05) is 6.07 Å². The van der Waals surface area contributed by atoms with Gasteiger partial charge in [0.2, 0.25) is 0 Å². The largest absolute Gasteiger partial charge is 0.497 e. The Labute approximate surface area is 183 Å². The number of Topliss-reactive ketones (excluding diaryl/α,β-unsaturated/α-hetero) is 2. The van der Waals surface area contributed by atoms with Crippen LogP contribution in [0.2, 0.25) is 0 Å². The second kappa shape index (κ2) is 11.3. The molecule has 0 aromatic heterocycles. The van der Waals surface area contributed by atoms with Gasteiger partial charge in [-0.2, -0.15) is 0 Å². The smallest absolute Gasteiger partial charge is 0.168 e. The highest BCUT2D eigenvalue weighted by Crippen LogP contribution is 2.38. The van der Waals surface area contributed by atoms with E-state index in [-0.39, 0.29) is 42.5 Å². The second-order valence-corrected chi connectivity index (χ2v) is 7.98. The number of ether oxygens (including phenoxy) is 2. The number of rotatable bonds is 9. The van der Waals surface area contributed by atoms with Crippen molar-refractivity contribution in [2.45, 2.75) is 18.8 Å². The fourth-order valence-electron chi connectivity index (χ4n) is 4.21. The number of ketones is 2. The van der Waals surface area contributed by atoms with Gasteiger partial charge in [-0.05, 0) is 11.6 Å². The third-order valence-electron chi connectivity index (χ3n) is 6.04. The SMILES string of the molecule is COc1ccc(C2CC(=O)C(=CNCCN3CCN(CCO)CC3)C(=O)C2)c(OC)c1. The summed E-state index contributed by atoms with van der Waals surface area (Å²) >= 11 is 0. The molecule has 1 saturated heterocycles. The lowest BCUT2D eigenvalue weighted by Crippen LogP contribution is -2.48. The van der Waals surface area contributed by atoms with Crippen LogP contribution in [0.25, 0.3) is 0 Å². The molecule has 0 atom stereocenters. The highest BCUT2D eigenvalue weighted by Gasteiger charge is 2.32. The Morgan fingerprint density at radius 2 is 1.68 bits per heavy atom. The molecule has 0 amide bonds. The lowest BCUT2D eigenvalue weighted by Gasteiger charge is -2.34. The average Bonchev–Trinajstić information content (AvgIpc) is 2.78. The summed E-state index contributed by atoms with van der Waals surface area (Å²) in [5.74, 6) is 0.852. The first kappa shape index (κ1) is 23.2. The van der Waals surface area contributed by atoms with Gasteiger partial charge in [-0.25, -0.2) is 0 Å². The van der Waals surface area contributed by atoms with Crippen molar-refractivity contribution in [1.82, 2.24) is 15.1 Å². The van der Waals surface area contributed by atoms with Crippen LogP contribution in [0.4, 0.5) is 0 Å². The summed E-state index contributed by atoms with van der Waals surface area (Å²) in [6, 6.07) is 5.47. The number of nitrogens with zero attached hydrogens (tertiary/aromatic N) is 2. The van der Waals surface area contributed by atoms with Crippen LogP contribution in [0.3, 0.4) is 0 Å². The number of benzene rings is 1. The lowest BCUT2D eigenvalue weighted by molar-refractivity contribution is -0.124. The van der Waals surface area contributed by atoms with E-state index in [0.29, 0.717) is 18.0 Å². The summed E-state index contributed by atoms with van der Waals surface area (Å²) in [7, 11) is 3.16. The Hall–Kier alpha value is -2.42. The van der Waals surface area contributed by atoms with Crippen LogP contribution in [0.1, 0.15) is 24.3 Å². The van der Waals surface area contributed by atoms with Crippen LogP contribution in [-0.4, -0.2) is 93.1 Å². The first-order valence-electron chi connectivity index (χ1n) is 10.8. The van der Waals surface area contributed by atoms with E-state index in [0.717, 1.165) is 44.8 Å². The van der Waals surface area contributed by atoms with Gasteiger partial charge < -0.3 is 19.9 Å². The third-order valence-corrected chi connectivity index (χ3v) is 6.04. The number of nitrogens with one attached hydrogen (secondary N) is 1. The van der Waals surface area contributed by atoms with Crippen LogP contribution in [0.5, 0.6) is 11.5 Å². The molecule has 1 aliphatic heterocycles. The van der Waals surface area contributed by atoms with Crippen molar-refractivity contribution in [3.63, 3.8) is 0 Å². The molecule has 1 aromatic carbocycles. The molecular formula is C23H33N3O5. The maximum absolute atomic E-state index is 12.7. The van der Waals surface area contributed by atoms with Gasteiger partial charge in [-0.3, -0.25) is 19.4 Å². The number of aliphatic hydroxyl groups is 1. The zero-order valence-corrected chi connectivity index (χ0v) is 18.4. The molecular weight excluding hydrogens is 398 g/mol. The Morgan fingerprint density at radius 3 is 2.26 bits per heavy atom. The number of piperazine rings is 1. The van der Waals surface area contributed by atoms with E-state index in [1.165, 1.54) is 0 Å². The fraction of sp³-hybridized carbons (Fsp3) is 0.565. The highest BCUT2D eigenvalue weighted by atomic mass is 16.5. The number of hydrogen-bond donors (Lipinski definition) is 2. The van der Waals surface area contributed by atoms with Crippen molar-refractivity contribution < 1.29 is 24.2 Å². The fourth-order valence-corrected chi connectivity index (χ4v) is 4.21. The molecule has 2 fully saturated rings. The molecule has 3 rings (SSSR count). The number of hydrogen-bond acceptors (Lipinski definition) is 8. The van der Waals surface area contributed by atoms with Gasteiger partial charge in [-0.15, -0.1) is 0 Å². The minimum absolute atomic E-state index is 0.135. The van der Waals surface area contributed by atoms with Crippen molar-refractivity contribution >= 4 is 11.6 Å². The van der Waals surface area contributed by atoms with Crippen molar-refractivity contribution in [1.29, 1.82) is 0 Å². The van der Waals surface area contributed by atoms with Gasteiger partial charge in [0.05, 0.1) is 26.4 Å². The van der Waals surface area contributed by atoms with Crippen LogP contribution in [-0.2, 0) is 9.59 Å². The Bertz CT molecular complexity index is 782. The molecule has 170 valence electrons. The van der Waals surface area contributed by atoms with Crippen molar-refractivity contribution in [3.05, 3.63) is 35.5 Å². The van der Waals surface area contributed by atoms with Gasteiger partial charge in [0.15, 0.2) is 11.6 Å². The minimum atomic E-state index is -0.187. The maximum Gasteiger partial charge on any atom is 0.168 e. The summed E-state index contributed by atoms with van der Waals surface area (Å²) in [6.45, 7) is 6.28. The van der Waals surface area contributed by atoms with Crippen molar-refractivity contribution in [3.8, 4) is 11.5 Å². The summed E-state index contributed by atoms with van der Waals surface area (Å²) in [4.78, 5) is 29.9. The topological polar surface area (TPSA) is 91.3 Å². The Morgan fingerprint density at radius 1 is 1.03 bits per heavy atom. The van der Waals surface area contributed by atoms with E-state index in [2.05, 4.69) is 15.1 Å². The van der Waals surface area contributed by atoms with Crippen LogP contribution >= 0.6 is 0 Å². The van der Waals surface area contributed by atoms with E-state index in [4.69, 9.17) is 14.6 Å². The molecule has 31 heavy (non-hydrogen) atoms. The van der Waals surface area contributed by atoms with Crippen LogP contribution in [0, 0.1) is 0 Å². The average molecular weight is 432 g/mol. The van der Waals surface area contributed by atoms with E-state index in [1.54, 1.807) is 26.5 Å². The van der Waals surface area contributed by atoms with Gasteiger partial charge >= 0.3 is 0 Å². The normalized spacial score (nSPS) is 20.6. The number of carbonyl (C=O) groups excluding carboxylic acids is 2. The quantitative estimate of drug-likeness (QED) is 0.337. The number of allylic oxidation sites excluding steroid dienone is 1.